The van der Waals surface area contributed by atoms with Gasteiger partial charge in [-0.15, -0.1) is 0 Å². The number of rotatable bonds is 30. The number of unbranched alkanes of at least 4 members (excludes halogenated alkanes) is 15. The minimum absolute atomic E-state index is 0.0782. The highest BCUT2D eigenvalue weighted by atomic mass is 31.2. The smallest absolute Gasteiger partial charge is 0.391 e. The van der Waals surface area contributed by atoms with Crippen LogP contribution in [0.3, 0.4) is 0 Å². The van der Waals surface area contributed by atoms with E-state index in [1.165, 1.54) is 134 Å². The highest BCUT2D eigenvalue weighted by molar-refractivity contribution is 7.39. The van der Waals surface area contributed by atoms with E-state index in [1.807, 2.05) is 0 Å². The zero-order valence-corrected chi connectivity index (χ0v) is 52.2. The number of hydrogen-bond acceptors (Lipinski definition) is 5. The molecule has 0 aromatic heterocycles. The van der Waals surface area contributed by atoms with Gasteiger partial charge in [0, 0.05) is 17.5 Å². The second-order valence-corrected chi connectivity index (χ2v) is 28.1. The van der Waals surface area contributed by atoms with E-state index < -0.39 is 19.4 Å². The summed E-state index contributed by atoms with van der Waals surface area (Å²) in [5, 5.41) is 0. The Kier molecular flexibility index (Phi) is 23.5. The highest BCUT2D eigenvalue weighted by Gasteiger charge is 2.43. The fourth-order valence-corrected chi connectivity index (χ4v) is 11.8. The second-order valence-electron chi connectivity index (χ2n) is 27.4. The van der Waals surface area contributed by atoms with Crippen LogP contribution in [0.2, 0.25) is 0 Å². The van der Waals surface area contributed by atoms with E-state index in [9.17, 15) is 14.6 Å². The van der Waals surface area contributed by atoms with Crippen LogP contribution >= 0.6 is 8.60 Å². The average Bonchev–Trinajstić information content (AvgIpc) is 3.32. The lowest BCUT2D eigenvalue weighted by Crippen LogP contribution is -2.28. The Hall–Kier alpha value is -2.72. The molecule has 0 saturated heterocycles. The third-order valence-corrected chi connectivity index (χ3v) is 18.3. The van der Waals surface area contributed by atoms with Crippen LogP contribution in [0.15, 0.2) is 24.3 Å². The summed E-state index contributed by atoms with van der Waals surface area (Å²) in [4.78, 5) is 36.6. The van der Waals surface area contributed by atoms with E-state index in [1.54, 1.807) is 0 Å². The van der Waals surface area contributed by atoms with Crippen molar-refractivity contribution < 1.29 is 23.8 Å². The molecule has 418 valence electrons. The van der Waals surface area contributed by atoms with Gasteiger partial charge in [-0.3, -0.25) is 4.79 Å². The summed E-state index contributed by atoms with van der Waals surface area (Å²) in [6, 6.07) is 10.0. The quantitative estimate of drug-likeness (QED) is 0.0309. The van der Waals surface area contributed by atoms with Gasteiger partial charge in [0.2, 0.25) is 0 Å². The largest absolute Gasteiger partial charge is 0.466 e. The van der Waals surface area contributed by atoms with Gasteiger partial charge in [0.25, 0.3) is 0 Å². The van der Waals surface area contributed by atoms with Crippen LogP contribution in [-0.2, 0) is 54.9 Å². The van der Waals surface area contributed by atoms with Crippen LogP contribution in [0.4, 0.5) is 0 Å². The third-order valence-electron chi connectivity index (χ3n) is 17.9. The molecule has 0 atom stereocenters. The van der Waals surface area contributed by atoms with Crippen molar-refractivity contribution in [1.82, 2.24) is 0 Å². The third kappa shape index (κ3) is 16.2. The van der Waals surface area contributed by atoms with Crippen LogP contribution in [-0.4, -0.2) is 22.4 Å². The SMILES string of the molecule is CCCCCCCCCCCCCCCCCCOC(=O)CCc1c2c(C(C)(C)C)c(OP(O)O)c(C(C)(C)C)c1-c1c(cc(C(C)(C)CC)cc1C(C)(C)CC)Cc1cc(C(C)(C)CC)cc(C(C)(C)CC)c1-2. The van der Waals surface area contributed by atoms with Crippen LogP contribution in [0.5, 0.6) is 5.75 Å². The van der Waals surface area contributed by atoms with Gasteiger partial charge in [0.15, 0.2) is 0 Å². The van der Waals surface area contributed by atoms with Crippen molar-refractivity contribution in [2.45, 2.75) is 312 Å². The Morgan fingerprint density at radius 1 is 0.486 bits per heavy atom. The topological polar surface area (TPSA) is 76.0 Å². The molecule has 5 nitrogen and oxygen atoms in total. The van der Waals surface area contributed by atoms with E-state index in [2.05, 4.69) is 156 Å². The summed E-state index contributed by atoms with van der Waals surface area (Å²) in [6.07, 6.45) is 26.2. The average molecular weight is 1040 g/mol. The summed E-state index contributed by atoms with van der Waals surface area (Å²) < 4.78 is 12.8. The maximum absolute atomic E-state index is 14.3. The Morgan fingerprint density at radius 3 is 1.16 bits per heavy atom. The number of esters is 1. The van der Waals surface area contributed by atoms with Gasteiger partial charge in [-0.2, -0.15) is 0 Å². The molecule has 6 heteroatoms. The van der Waals surface area contributed by atoms with E-state index in [-0.39, 0.29) is 34.1 Å². The molecule has 1 aliphatic carbocycles. The maximum atomic E-state index is 14.3. The monoisotopic (exact) mass is 1040 g/mol. The molecular weight excluding hydrogens is 928 g/mol. The van der Waals surface area contributed by atoms with Crippen LogP contribution in [0.25, 0.3) is 22.3 Å². The molecule has 3 aromatic rings. The van der Waals surface area contributed by atoms with Gasteiger partial charge >= 0.3 is 14.6 Å². The number of carbonyl (C=O) groups is 1. The molecule has 2 bridgehead atoms. The van der Waals surface area contributed by atoms with Crippen LogP contribution in [0, 0.1) is 0 Å². The maximum Gasteiger partial charge on any atom is 0.391 e. The Balaban J connectivity index is 1.94. The highest BCUT2D eigenvalue weighted by Crippen LogP contribution is 2.60. The number of benzene rings is 3. The Bertz CT molecular complexity index is 2150. The first-order valence-corrected chi connectivity index (χ1v) is 31.3. The molecule has 1 aliphatic rings. The van der Waals surface area contributed by atoms with E-state index >= 15 is 0 Å². The van der Waals surface area contributed by atoms with Crippen molar-refractivity contribution in [2.75, 3.05) is 6.61 Å². The van der Waals surface area contributed by atoms with Gasteiger partial charge in [-0.25, -0.2) is 0 Å². The number of hydrogen-bond donors (Lipinski definition) is 2. The fourth-order valence-electron chi connectivity index (χ4n) is 11.4. The van der Waals surface area contributed by atoms with Crippen molar-refractivity contribution in [3.05, 3.63) is 74.3 Å². The van der Waals surface area contributed by atoms with Gasteiger partial charge in [-0.1, -0.05) is 252 Å². The molecule has 0 amide bonds. The molecule has 0 saturated carbocycles. The molecule has 4 rings (SSSR count). The zero-order valence-electron chi connectivity index (χ0n) is 51.3. The molecule has 0 fully saturated rings. The molecule has 2 N–H and O–H groups in total. The Morgan fingerprint density at radius 2 is 0.838 bits per heavy atom. The first kappa shape index (κ1) is 63.8. The van der Waals surface area contributed by atoms with Crippen molar-refractivity contribution >= 4 is 14.6 Å². The minimum atomic E-state index is -2.79. The Labute approximate surface area is 457 Å². The summed E-state index contributed by atoms with van der Waals surface area (Å²) in [5.74, 6) is 0.407. The zero-order chi connectivity index (χ0) is 55.5. The van der Waals surface area contributed by atoms with Crippen molar-refractivity contribution in [3.63, 3.8) is 0 Å². The van der Waals surface area contributed by atoms with Gasteiger partial charge in [0.05, 0.1) is 6.61 Å². The molecule has 74 heavy (non-hydrogen) atoms. The summed E-state index contributed by atoms with van der Waals surface area (Å²) in [7, 11) is -2.79. The predicted molar refractivity (Wildman–Crippen MR) is 322 cm³/mol. The molecule has 3 aromatic carbocycles. The van der Waals surface area contributed by atoms with Crippen LogP contribution in [0.1, 0.15) is 316 Å². The molecule has 0 heterocycles. The summed E-state index contributed by atoms with van der Waals surface area (Å²) >= 11 is 0. The van der Waals surface area contributed by atoms with Crippen molar-refractivity contribution in [3.8, 4) is 28.0 Å². The van der Waals surface area contributed by atoms with E-state index in [4.69, 9.17) is 9.26 Å². The molecule has 0 spiro atoms. The molecule has 0 radical (unpaired) electrons. The van der Waals surface area contributed by atoms with Gasteiger partial charge in [0.1, 0.15) is 5.75 Å². The second kappa shape index (κ2) is 27.2. The lowest BCUT2D eigenvalue weighted by molar-refractivity contribution is -0.143. The minimum Gasteiger partial charge on any atom is -0.466 e. The fraction of sp³-hybridized carbons (Fsp3) is 0.721. The number of carbonyl (C=O) groups excluding carboxylic acids is 1. The van der Waals surface area contributed by atoms with Crippen molar-refractivity contribution in [1.29, 1.82) is 0 Å². The number of ether oxygens (including phenoxy) is 1. The van der Waals surface area contributed by atoms with E-state index in [0.717, 1.165) is 72.8 Å². The molecular formula is C68H111O5P. The standard InChI is InChI=1S/C68H111O5P/c1-20-25-26-27-28-29-30-31-32-33-34-35-36-37-38-39-42-72-55(69)41-40-52-58-56-48(44-50(65(12,13)21-2)46-53(56)67(16,17)23-4)43-49-45-51(66(14,15)22-3)47-54(68(18,19)24-5)57(49)59(52)61(64(9,10)11)62(73-74(70)71)60(58)63(6,7)8/h44-47,70-71H,20-43H2,1-19H3. The van der Waals surface area contributed by atoms with Gasteiger partial charge in [-0.05, 0) is 139 Å². The molecule has 0 unspecified atom stereocenters. The lowest BCUT2D eigenvalue weighted by atomic mass is 9.63. The number of fused-ring (bicyclic) bond motifs is 6. The lowest BCUT2D eigenvalue weighted by Gasteiger charge is -2.42. The first-order valence-electron chi connectivity index (χ1n) is 30.2. The molecule has 0 aliphatic heterocycles. The van der Waals surface area contributed by atoms with Gasteiger partial charge < -0.3 is 19.0 Å². The summed E-state index contributed by atoms with van der Waals surface area (Å²) in [6.45, 7) is 44.4. The van der Waals surface area contributed by atoms with E-state index in [0.29, 0.717) is 18.8 Å². The summed E-state index contributed by atoms with van der Waals surface area (Å²) in [5.41, 5.74) is 13.9. The van der Waals surface area contributed by atoms with Crippen LogP contribution < -0.4 is 4.52 Å². The predicted octanol–water partition coefficient (Wildman–Crippen LogP) is 20.6. The normalized spacial score (nSPS) is 13.5. The first-order chi connectivity index (χ1) is 34.5. The van der Waals surface area contributed by atoms with Crippen molar-refractivity contribution in [2.24, 2.45) is 0 Å².